The molecule has 1 amide bonds. The van der Waals surface area contributed by atoms with Gasteiger partial charge in [-0.3, -0.25) is 4.79 Å². The van der Waals surface area contributed by atoms with Gasteiger partial charge in [-0.05, 0) is 44.1 Å². The predicted octanol–water partition coefficient (Wildman–Crippen LogP) is 3.01. The van der Waals surface area contributed by atoms with E-state index in [1.165, 1.54) is 25.7 Å². The van der Waals surface area contributed by atoms with Crippen molar-refractivity contribution in [1.29, 1.82) is 0 Å². The van der Waals surface area contributed by atoms with Crippen molar-refractivity contribution in [2.75, 3.05) is 13.1 Å². The highest BCUT2D eigenvalue weighted by Crippen LogP contribution is 2.48. The minimum Gasteiger partial charge on any atom is -0.356 e. The van der Waals surface area contributed by atoms with E-state index in [2.05, 4.69) is 12.2 Å². The first kappa shape index (κ1) is 17.7. The molecule has 0 aromatic heterocycles. The van der Waals surface area contributed by atoms with Crippen LogP contribution in [0.25, 0.3) is 0 Å². The zero-order valence-corrected chi connectivity index (χ0v) is 12.5. The lowest BCUT2D eigenvalue weighted by Gasteiger charge is -2.14. The molecule has 0 atom stereocenters. The Kier molecular flexibility index (Phi) is 9.47. The van der Waals surface area contributed by atoms with Gasteiger partial charge in [0.2, 0.25) is 5.91 Å². The first-order valence-corrected chi connectivity index (χ1v) is 7.19. The molecule has 4 heteroatoms. The molecule has 0 aromatic carbocycles. The number of carbonyl (C=O) groups excluding carboxylic acids is 1. The third kappa shape index (κ3) is 7.22. The Hall–Kier alpha value is -0.280. The molecule has 1 aliphatic carbocycles. The Morgan fingerprint density at radius 2 is 1.89 bits per heavy atom. The summed E-state index contributed by atoms with van der Waals surface area (Å²) in [5, 5.41) is 3.10. The number of hydrogen-bond acceptors (Lipinski definition) is 2. The number of hydrogen-bond donors (Lipinski definition) is 2. The number of nitrogens with two attached hydrogens (primary N) is 1. The molecule has 18 heavy (non-hydrogen) atoms. The summed E-state index contributed by atoms with van der Waals surface area (Å²) in [7, 11) is 0. The number of amides is 1. The normalized spacial score (nSPS) is 15.9. The van der Waals surface area contributed by atoms with Crippen LogP contribution in [0.3, 0.4) is 0 Å². The summed E-state index contributed by atoms with van der Waals surface area (Å²) < 4.78 is 0. The van der Waals surface area contributed by atoms with Gasteiger partial charge in [0.15, 0.2) is 0 Å². The number of nitrogens with one attached hydrogen (secondary N) is 1. The monoisotopic (exact) mass is 276 g/mol. The number of rotatable bonds is 10. The lowest BCUT2D eigenvalue weighted by molar-refractivity contribution is -0.121. The summed E-state index contributed by atoms with van der Waals surface area (Å²) in [5.74, 6) is 0.236. The third-order valence-electron chi connectivity index (χ3n) is 3.76. The van der Waals surface area contributed by atoms with Crippen LogP contribution in [-0.2, 0) is 4.79 Å². The molecule has 0 bridgehead atoms. The van der Waals surface area contributed by atoms with Gasteiger partial charge in [0.25, 0.3) is 0 Å². The van der Waals surface area contributed by atoms with Crippen molar-refractivity contribution in [3.05, 3.63) is 0 Å². The van der Waals surface area contributed by atoms with E-state index in [0.717, 1.165) is 38.8 Å². The second-order valence-electron chi connectivity index (χ2n) is 5.48. The van der Waals surface area contributed by atoms with E-state index < -0.39 is 0 Å². The van der Waals surface area contributed by atoms with E-state index in [9.17, 15) is 4.79 Å². The lowest BCUT2D eigenvalue weighted by Crippen LogP contribution is -2.29. The van der Waals surface area contributed by atoms with Crippen molar-refractivity contribution in [3.63, 3.8) is 0 Å². The van der Waals surface area contributed by atoms with Crippen LogP contribution in [0.5, 0.6) is 0 Å². The van der Waals surface area contributed by atoms with Gasteiger partial charge in [-0.1, -0.05) is 26.2 Å². The Balaban J connectivity index is 0.00000289. The quantitative estimate of drug-likeness (QED) is 0.603. The highest BCUT2D eigenvalue weighted by molar-refractivity contribution is 5.85. The molecule has 1 saturated carbocycles. The van der Waals surface area contributed by atoms with E-state index in [0.29, 0.717) is 11.8 Å². The van der Waals surface area contributed by atoms with Gasteiger partial charge in [-0.15, -0.1) is 12.4 Å². The van der Waals surface area contributed by atoms with E-state index in [1.54, 1.807) is 0 Å². The van der Waals surface area contributed by atoms with Gasteiger partial charge in [0.1, 0.15) is 0 Å². The van der Waals surface area contributed by atoms with E-state index in [-0.39, 0.29) is 18.3 Å². The van der Waals surface area contributed by atoms with Crippen LogP contribution in [0.1, 0.15) is 64.7 Å². The lowest BCUT2D eigenvalue weighted by atomic mass is 10.0. The highest BCUT2D eigenvalue weighted by atomic mass is 35.5. The fourth-order valence-corrected chi connectivity index (χ4v) is 2.38. The summed E-state index contributed by atoms with van der Waals surface area (Å²) >= 11 is 0. The van der Waals surface area contributed by atoms with Gasteiger partial charge in [-0.2, -0.15) is 0 Å². The van der Waals surface area contributed by atoms with Crippen molar-refractivity contribution < 1.29 is 4.79 Å². The maximum absolute atomic E-state index is 11.6. The Bertz CT molecular complexity index is 230. The minimum atomic E-state index is 0. The highest BCUT2D eigenvalue weighted by Gasteiger charge is 2.41. The summed E-state index contributed by atoms with van der Waals surface area (Å²) in [6, 6.07) is 0. The number of carbonyl (C=O) groups is 1. The molecular weight excluding hydrogens is 248 g/mol. The van der Waals surface area contributed by atoms with Crippen LogP contribution < -0.4 is 11.1 Å². The van der Waals surface area contributed by atoms with Gasteiger partial charge in [0, 0.05) is 13.0 Å². The molecule has 0 spiro atoms. The van der Waals surface area contributed by atoms with Crippen LogP contribution in [-0.4, -0.2) is 19.0 Å². The molecule has 1 rings (SSSR count). The van der Waals surface area contributed by atoms with Crippen LogP contribution in [0.4, 0.5) is 0 Å². The number of unbranched alkanes of at least 4 members (excludes halogenated alkanes) is 3. The van der Waals surface area contributed by atoms with Crippen LogP contribution in [0.15, 0.2) is 0 Å². The fourth-order valence-electron chi connectivity index (χ4n) is 2.38. The van der Waals surface area contributed by atoms with Gasteiger partial charge < -0.3 is 11.1 Å². The third-order valence-corrected chi connectivity index (χ3v) is 3.76. The summed E-state index contributed by atoms with van der Waals surface area (Å²) in [6.45, 7) is 3.90. The second-order valence-corrected chi connectivity index (χ2v) is 5.48. The topological polar surface area (TPSA) is 55.1 Å². The largest absolute Gasteiger partial charge is 0.356 e. The predicted molar refractivity (Wildman–Crippen MR) is 79.0 cm³/mol. The molecule has 3 nitrogen and oxygen atoms in total. The Morgan fingerprint density at radius 1 is 1.22 bits per heavy atom. The zero-order valence-electron chi connectivity index (χ0n) is 11.7. The zero-order chi connectivity index (χ0) is 12.6. The van der Waals surface area contributed by atoms with Crippen molar-refractivity contribution in [2.45, 2.75) is 64.7 Å². The molecule has 0 aliphatic heterocycles. The summed E-state index contributed by atoms with van der Waals surface area (Å²) in [6.07, 6.45) is 10.2. The average Bonchev–Trinajstić information content (AvgIpc) is 3.07. The van der Waals surface area contributed by atoms with Gasteiger partial charge in [-0.25, -0.2) is 0 Å². The maximum atomic E-state index is 11.6. The molecule has 0 unspecified atom stereocenters. The number of halogens is 1. The average molecular weight is 277 g/mol. The Labute approximate surface area is 118 Å². The summed E-state index contributed by atoms with van der Waals surface area (Å²) in [4.78, 5) is 11.6. The van der Waals surface area contributed by atoms with Crippen LogP contribution >= 0.6 is 12.4 Å². The molecule has 0 aromatic rings. The van der Waals surface area contributed by atoms with Crippen molar-refractivity contribution in [2.24, 2.45) is 11.1 Å². The smallest absolute Gasteiger partial charge is 0.220 e. The van der Waals surface area contributed by atoms with Gasteiger partial charge >= 0.3 is 0 Å². The second kappa shape index (κ2) is 9.62. The maximum Gasteiger partial charge on any atom is 0.220 e. The van der Waals surface area contributed by atoms with Crippen molar-refractivity contribution in [3.8, 4) is 0 Å². The van der Waals surface area contributed by atoms with Crippen molar-refractivity contribution >= 4 is 18.3 Å². The van der Waals surface area contributed by atoms with E-state index in [4.69, 9.17) is 5.73 Å². The van der Waals surface area contributed by atoms with Crippen LogP contribution in [0, 0.1) is 5.41 Å². The minimum absolute atomic E-state index is 0. The molecule has 3 N–H and O–H groups in total. The molecule has 0 heterocycles. The van der Waals surface area contributed by atoms with E-state index >= 15 is 0 Å². The van der Waals surface area contributed by atoms with Crippen LogP contribution in [0.2, 0.25) is 0 Å². The molecule has 1 aliphatic rings. The molecule has 0 radical (unpaired) electrons. The summed E-state index contributed by atoms with van der Waals surface area (Å²) in [5.41, 5.74) is 5.90. The van der Waals surface area contributed by atoms with E-state index in [1.807, 2.05) is 0 Å². The molecule has 108 valence electrons. The van der Waals surface area contributed by atoms with Gasteiger partial charge in [0.05, 0.1) is 0 Å². The standard InChI is InChI=1S/C14H28N2O.ClH/c1-2-8-14(9-10-14)12-16-13(17)7-5-3-4-6-11-15;/h2-12,15H2,1H3,(H,16,17);1H. The van der Waals surface area contributed by atoms with Crippen molar-refractivity contribution in [1.82, 2.24) is 5.32 Å². The molecule has 0 saturated heterocycles. The fraction of sp³-hybridized carbons (Fsp3) is 0.929. The first-order chi connectivity index (χ1) is 8.22. The SMILES string of the molecule is CCCC1(CNC(=O)CCCCCCN)CC1.Cl. The Morgan fingerprint density at radius 3 is 2.44 bits per heavy atom. The first-order valence-electron chi connectivity index (χ1n) is 7.19. The molecular formula is C14H29ClN2O. The molecule has 1 fully saturated rings.